The van der Waals surface area contributed by atoms with E-state index >= 15 is 0 Å². The van der Waals surface area contributed by atoms with Gasteiger partial charge in [-0.2, -0.15) is 0 Å². The third-order valence-corrected chi connectivity index (χ3v) is 9.82. The minimum atomic E-state index is -0.304. The summed E-state index contributed by atoms with van der Waals surface area (Å²) in [5.41, 5.74) is 6.52. The van der Waals surface area contributed by atoms with Crippen molar-refractivity contribution in [1.82, 2.24) is 14.9 Å². The molecule has 0 spiro atoms. The molecule has 262 valence electrons. The second-order valence-electron chi connectivity index (χ2n) is 13.6. The average Bonchev–Trinajstić information content (AvgIpc) is 3.47. The number of rotatable bonds is 17. The fourth-order valence-corrected chi connectivity index (χ4v) is 7.02. The van der Waals surface area contributed by atoms with Gasteiger partial charge >= 0.3 is 12.0 Å². The van der Waals surface area contributed by atoms with Gasteiger partial charge in [-0.3, -0.25) is 4.90 Å². The van der Waals surface area contributed by atoms with E-state index in [4.69, 9.17) is 9.72 Å². The van der Waals surface area contributed by atoms with Crippen LogP contribution in [0.15, 0.2) is 66.7 Å². The van der Waals surface area contributed by atoms with Gasteiger partial charge in [0.15, 0.2) is 0 Å². The zero-order valence-corrected chi connectivity index (χ0v) is 30.0. The molecular weight excluding hydrogens is 608 g/mol. The zero-order valence-electron chi connectivity index (χ0n) is 30.0. The summed E-state index contributed by atoms with van der Waals surface area (Å²) in [6.45, 7) is 8.01. The van der Waals surface area contributed by atoms with Crippen molar-refractivity contribution in [3.63, 3.8) is 0 Å². The number of imidazole rings is 1. The summed E-state index contributed by atoms with van der Waals surface area (Å²) in [5.74, 6) is 0.765. The number of anilines is 1. The van der Waals surface area contributed by atoms with Crippen molar-refractivity contribution >= 4 is 28.7 Å². The number of unbranched alkanes of at least 4 members (excludes halogenated alkanes) is 6. The van der Waals surface area contributed by atoms with E-state index in [0.29, 0.717) is 25.3 Å². The van der Waals surface area contributed by atoms with Crippen LogP contribution in [0, 0.1) is 0 Å². The molecule has 1 heterocycles. The fourth-order valence-electron chi connectivity index (χ4n) is 7.02. The summed E-state index contributed by atoms with van der Waals surface area (Å²) in [7, 11) is 0. The molecule has 7 nitrogen and oxygen atoms in total. The highest BCUT2D eigenvalue weighted by molar-refractivity contribution is 5.97. The third kappa shape index (κ3) is 9.74. The molecule has 1 aliphatic rings. The molecule has 3 aromatic carbocycles. The number of aromatic nitrogens is 2. The lowest BCUT2D eigenvalue weighted by Crippen LogP contribution is -2.46. The maximum atomic E-state index is 13.9. The lowest BCUT2D eigenvalue weighted by molar-refractivity contribution is 0.0527. The van der Waals surface area contributed by atoms with Crippen LogP contribution in [0.1, 0.15) is 126 Å². The Bertz CT molecular complexity index is 1640. The molecule has 7 heteroatoms. The topological polar surface area (TPSA) is 76.5 Å². The molecule has 5 rings (SSSR count). The van der Waals surface area contributed by atoms with Crippen molar-refractivity contribution in [1.29, 1.82) is 0 Å². The number of ether oxygens (including phenoxy) is 1. The summed E-state index contributed by atoms with van der Waals surface area (Å²) in [5, 5.41) is 3.39. The van der Waals surface area contributed by atoms with Crippen LogP contribution in [-0.4, -0.2) is 40.7 Å². The Morgan fingerprint density at radius 1 is 0.857 bits per heavy atom. The largest absolute Gasteiger partial charge is 0.462 e. The van der Waals surface area contributed by atoms with E-state index in [0.717, 1.165) is 84.2 Å². The van der Waals surface area contributed by atoms with Gasteiger partial charge in [-0.25, -0.2) is 14.6 Å². The van der Waals surface area contributed by atoms with Crippen molar-refractivity contribution < 1.29 is 14.3 Å². The number of aryl methyl sites for hydroxylation is 1. The number of urea groups is 1. The summed E-state index contributed by atoms with van der Waals surface area (Å²) in [6.07, 6.45) is 15.9. The van der Waals surface area contributed by atoms with E-state index in [9.17, 15) is 9.59 Å². The number of benzene rings is 3. The number of nitrogens with zero attached hydrogens (tertiary/aromatic N) is 3. The molecule has 0 atom stereocenters. The maximum absolute atomic E-state index is 13.9. The number of hydrogen-bond donors (Lipinski definition) is 1. The van der Waals surface area contributed by atoms with Gasteiger partial charge in [-0.05, 0) is 73.6 Å². The summed E-state index contributed by atoms with van der Waals surface area (Å²) in [6, 6.07) is 22.7. The molecule has 1 saturated carbocycles. The van der Waals surface area contributed by atoms with E-state index in [2.05, 4.69) is 66.2 Å². The van der Waals surface area contributed by atoms with Gasteiger partial charge in [0.05, 0.1) is 23.2 Å². The molecule has 0 radical (unpaired) electrons. The monoisotopic (exact) mass is 664 g/mol. The molecule has 0 unspecified atom stereocenters. The second kappa shape index (κ2) is 18.6. The van der Waals surface area contributed by atoms with Crippen LogP contribution in [-0.2, 0) is 17.7 Å². The highest BCUT2D eigenvalue weighted by Crippen LogP contribution is 2.29. The Balaban J connectivity index is 1.42. The predicted octanol–water partition coefficient (Wildman–Crippen LogP) is 10.5. The van der Waals surface area contributed by atoms with E-state index in [1.807, 2.05) is 36.1 Å². The van der Waals surface area contributed by atoms with E-state index in [1.165, 1.54) is 44.9 Å². The number of amides is 2. The number of carbonyl (C=O) groups excluding carboxylic acids is 2. The molecule has 49 heavy (non-hydrogen) atoms. The van der Waals surface area contributed by atoms with Gasteiger partial charge < -0.3 is 14.6 Å². The van der Waals surface area contributed by atoms with Gasteiger partial charge in [0.2, 0.25) is 0 Å². The molecule has 0 aliphatic heterocycles. The quantitative estimate of drug-likeness (QED) is 0.0900. The molecular formula is C42H56N4O3. The normalized spacial score (nSPS) is 13.4. The van der Waals surface area contributed by atoms with Gasteiger partial charge in [0, 0.05) is 31.2 Å². The van der Waals surface area contributed by atoms with Gasteiger partial charge in [0.1, 0.15) is 5.82 Å². The first-order valence-electron chi connectivity index (χ1n) is 18.9. The van der Waals surface area contributed by atoms with Crippen molar-refractivity contribution in [2.45, 2.75) is 123 Å². The lowest BCUT2D eigenvalue weighted by Gasteiger charge is -2.28. The second-order valence-corrected chi connectivity index (χ2v) is 13.6. The first-order valence-corrected chi connectivity index (χ1v) is 18.9. The maximum Gasteiger partial charge on any atom is 0.338 e. The van der Waals surface area contributed by atoms with E-state index < -0.39 is 0 Å². The number of esters is 1. The Labute approximate surface area is 293 Å². The molecule has 4 aromatic rings. The fraction of sp³-hybridized carbons (Fsp3) is 0.500. The van der Waals surface area contributed by atoms with E-state index in [-0.39, 0.29) is 18.0 Å². The van der Waals surface area contributed by atoms with Crippen molar-refractivity contribution in [3.05, 3.63) is 83.7 Å². The smallest absolute Gasteiger partial charge is 0.338 e. The molecule has 1 N–H and O–H groups in total. The van der Waals surface area contributed by atoms with Gasteiger partial charge in [-0.1, -0.05) is 114 Å². The van der Waals surface area contributed by atoms with Gasteiger partial charge in [0.25, 0.3) is 0 Å². The average molecular weight is 665 g/mol. The zero-order chi connectivity index (χ0) is 34.4. The molecule has 1 aliphatic carbocycles. The van der Waals surface area contributed by atoms with Crippen LogP contribution in [0.25, 0.3) is 22.2 Å². The highest BCUT2D eigenvalue weighted by atomic mass is 16.5. The molecule has 0 saturated heterocycles. The van der Waals surface area contributed by atoms with Crippen LogP contribution in [0.4, 0.5) is 10.5 Å². The minimum absolute atomic E-state index is 0.0239. The highest BCUT2D eigenvalue weighted by Gasteiger charge is 2.22. The van der Waals surface area contributed by atoms with Crippen molar-refractivity contribution in [2.75, 3.05) is 18.1 Å². The number of nitrogens with one attached hydrogen (secondary N) is 1. The van der Waals surface area contributed by atoms with Crippen LogP contribution < -0.4 is 10.2 Å². The SMILES string of the molecule is CCCCCCCCN(C(=O)NC1CCCCC1)c1ccc2nc(CCCC)n(Cc3ccc(-c4ccccc4C(=O)OCC)cc3)c2c1. The predicted molar refractivity (Wildman–Crippen MR) is 201 cm³/mol. The van der Waals surface area contributed by atoms with E-state index in [1.54, 1.807) is 0 Å². The van der Waals surface area contributed by atoms with Crippen LogP contribution in [0.2, 0.25) is 0 Å². The van der Waals surface area contributed by atoms with Crippen LogP contribution in [0.3, 0.4) is 0 Å². The Hall–Kier alpha value is -4.13. The number of carbonyl (C=O) groups is 2. The minimum Gasteiger partial charge on any atom is -0.462 e. The first-order chi connectivity index (χ1) is 24.0. The Kier molecular flexibility index (Phi) is 13.7. The van der Waals surface area contributed by atoms with Gasteiger partial charge in [-0.15, -0.1) is 0 Å². The Morgan fingerprint density at radius 3 is 2.35 bits per heavy atom. The van der Waals surface area contributed by atoms with Crippen molar-refractivity contribution in [2.24, 2.45) is 0 Å². The Morgan fingerprint density at radius 2 is 1.59 bits per heavy atom. The standard InChI is InChI=1S/C42H56N4O3/c1-4-7-9-10-11-17-29-45(42(48)43-34-18-13-12-14-19-34)35-27-28-38-39(30-35)46(40(44-38)22-8-5-2)31-32-23-25-33(26-24-32)36-20-15-16-21-37(36)41(47)49-6-3/h15-16,20-21,23-28,30,34H,4-14,17-19,22,29,31H2,1-3H3,(H,43,48). The summed E-state index contributed by atoms with van der Waals surface area (Å²) < 4.78 is 7.64. The molecule has 1 aromatic heterocycles. The molecule has 0 bridgehead atoms. The number of hydrogen-bond acceptors (Lipinski definition) is 4. The number of fused-ring (bicyclic) bond motifs is 1. The summed E-state index contributed by atoms with van der Waals surface area (Å²) in [4.78, 5) is 33.6. The van der Waals surface area contributed by atoms with Crippen LogP contribution >= 0.6 is 0 Å². The third-order valence-electron chi connectivity index (χ3n) is 9.82. The first kappa shape index (κ1) is 36.2. The molecule has 1 fully saturated rings. The molecule has 2 amide bonds. The summed E-state index contributed by atoms with van der Waals surface area (Å²) >= 11 is 0. The lowest BCUT2D eigenvalue weighted by atomic mass is 9.96. The van der Waals surface area contributed by atoms with Crippen LogP contribution in [0.5, 0.6) is 0 Å². The van der Waals surface area contributed by atoms with Crippen molar-refractivity contribution in [3.8, 4) is 11.1 Å².